The van der Waals surface area contributed by atoms with Crippen LogP contribution in [0.1, 0.15) is 56.3 Å². The number of nitrogens with zero attached hydrogens (tertiary/aromatic N) is 2. The molecule has 5 rings (SSSR count). The first-order valence-electron chi connectivity index (χ1n) is 13.7. The van der Waals surface area contributed by atoms with Crippen LogP contribution >= 0.6 is 15.9 Å². The van der Waals surface area contributed by atoms with Crippen molar-refractivity contribution < 1.29 is 14.3 Å². The third kappa shape index (κ3) is 5.32. The van der Waals surface area contributed by atoms with E-state index in [2.05, 4.69) is 44.1 Å². The van der Waals surface area contributed by atoms with E-state index in [4.69, 9.17) is 14.5 Å². The molecule has 0 fully saturated rings. The SMILES string of the molecule is CCCCOc1c(Br)cc([C@H]2C(C(=O)Nc3ccc(C)cc3C)=C(C)Nc3nc4ccccc4n32)cc1OCC. The zero-order valence-corrected chi connectivity index (χ0v) is 25.2. The molecule has 0 radical (unpaired) electrons. The van der Waals surface area contributed by atoms with Gasteiger partial charge in [0.1, 0.15) is 0 Å². The summed E-state index contributed by atoms with van der Waals surface area (Å²) in [7, 11) is 0. The van der Waals surface area contributed by atoms with Crippen molar-refractivity contribution in [2.24, 2.45) is 0 Å². The number of halogens is 1. The van der Waals surface area contributed by atoms with Gasteiger partial charge in [-0.1, -0.05) is 43.2 Å². The monoisotopic (exact) mass is 602 g/mol. The molecule has 0 aliphatic carbocycles. The van der Waals surface area contributed by atoms with Crippen molar-refractivity contribution in [3.8, 4) is 11.5 Å². The summed E-state index contributed by atoms with van der Waals surface area (Å²) >= 11 is 3.75. The summed E-state index contributed by atoms with van der Waals surface area (Å²) in [5, 5.41) is 6.56. The maximum Gasteiger partial charge on any atom is 0.255 e. The third-order valence-corrected chi connectivity index (χ3v) is 7.69. The second kappa shape index (κ2) is 11.8. The maximum atomic E-state index is 14.1. The average molecular weight is 604 g/mol. The molecule has 1 atom stereocenters. The van der Waals surface area contributed by atoms with E-state index in [0.717, 1.165) is 56.4 Å². The van der Waals surface area contributed by atoms with Gasteiger partial charge in [-0.05, 0) is 91.5 Å². The number of aryl methyl sites for hydroxylation is 2. The van der Waals surface area contributed by atoms with Crippen LogP contribution in [0.15, 0.2) is 70.3 Å². The zero-order valence-electron chi connectivity index (χ0n) is 23.6. The molecular formula is C32H35BrN4O3. The van der Waals surface area contributed by atoms with Crippen LogP contribution in [-0.4, -0.2) is 28.7 Å². The molecule has 0 saturated carbocycles. The number of carbonyl (C=O) groups excluding carboxylic acids is 1. The predicted molar refractivity (Wildman–Crippen MR) is 164 cm³/mol. The highest BCUT2D eigenvalue weighted by molar-refractivity contribution is 9.10. The second-order valence-corrected chi connectivity index (χ2v) is 11.0. The smallest absolute Gasteiger partial charge is 0.255 e. The van der Waals surface area contributed by atoms with E-state index >= 15 is 0 Å². The maximum absolute atomic E-state index is 14.1. The van der Waals surface area contributed by atoms with Crippen LogP contribution in [0.4, 0.5) is 11.6 Å². The van der Waals surface area contributed by atoms with Gasteiger partial charge in [-0.25, -0.2) is 4.98 Å². The van der Waals surface area contributed by atoms with Gasteiger partial charge in [-0.2, -0.15) is 0 Å². The molecule has 1 amide bonds. The number of amides is 1. The first-order chi connectivity index (χ1) is 19.3. The second-order valence-electron chi connectivity index (χ2n) is 10.1. The van der Waals surface area contributed by atoms with Gasteiger partial charge in [0.15, 0.2) is 11.5 Å². The molecule has 1 aromatic heterocycles. The molecule has 0 spiro atoms. The molecule has 40 heavy (non-hydrogen) atoms. The fourth-order valence-corrected chi connectivity index (χ4v) is 5.76. The van der Waals surface area contributed by atoms with E-state index in [1.54, 1.807) is 0 Å². The van der Waals surface area contributed by atoms with Gasteiger partial charge in [0.05, 0.1) is 40.3 Å². The minimum Gasteiger partial charge on any atom is -0.490 e. The van der Waals surface area contributed by atoms with Crippen LogP contribution in [0, 0.1) is 13.8 Å². The Morgan fingerprint density at radius 2 is 1.88 bits per heavy atom. The number of imidazole rings is 1. The summed E-state index contributed by atoms with van der Waals surface area (Å²) in [6.45, 7) is 11.1. The van der Waals surface area contributed by atoms with E-state index < -0.39 is 6.04 Å². The molecule has 1 aliphatic heterocycles. The quantitative estimate of drug-likeness (QED) is 0.190. The molecule has 0 saturated heterocycles. The Hall–Kier alpha value is -3.78. The summed E-state index contributed by atoms with van der Waals surface area (Å²) < 4.78 is 15.1. The predicted octanol–water partition coefficient (Wildman–Crippen LogP) is 7.92. The average Bonchev–Trinajstić information content (AvgIpc) is 3.28. The molecule has 7 nitrogen and oxygen atoms in total. The van der Waals surface area contributed by atoms with E-state index in [1.165, 1.54) is 0 Å². The first kappa shape index (κ1) is 27.8. The Kier molecular flexibility index (Phi) is 8.17. The summed E-state index contributed by atoms with van der Waals surface area (Å²) in [4.78, 5) is 18.9. The van der Waals surface area contributed by atoms with Gasteiger partial charge in [0.25, 0.3) is 5.91 Å². The molecule has 2 N–H and O–H groups in total. The van der Waals surface area contributed by atoms with Crippen LogP contribution in [0.2, 0.25) is 0 Å². The molecule has 0 unspecified atom stereocenters. The number of nitrogens with one attached hydrogen (secondary N) is 2. The van der Waals surface area contributed by atoms with Gasteiger partial charge in [0.2, 0.25) is 5.95 Å². The Labute approximate surface area is 243 Å². The van der Waals surface area contributed by atoms with Gasteiger partial charge >= 0.3 is 0 Å². The molecule has 8 heteroatoms. The summed E-state index contributed by atoms with van der Waals surface area (Å²) in [5.74, 6) is 1.82. The number of para-hydroxylation sites is 2. The number of benzene rings is 3. The standard InChI is InChI=1S/C32H35BrN4O3/c1-6-8-15-40-30-23(33)17-22(18-27(30)39-7-2)29-28(31(38)35-24-14-13-19(3)16-20(24)4)21(5)34-32-36-25-11-9-10-12-26(25)37(29)32/h9-14,16-18,29H,6-8,15H2,1-5H3,(H,34,36)(H,35,38)/t29-/m0/s1. The fourth-order valence-electron chi connectivity index (χ4n) is 5.18. The van der Waals surface area contributed by atoms with Crippen LogP contribution in [0.3, 0.4) is 0 Å². The molecule has 3 aromatic carbocycles. The minimum absolute atomic E-state index is 0.178. The van der Waals surface area contributed by atoms with Gasteiger partial charge < -0.3 is 20.1 Å². The largest absolute Gasteiger partial charge is 0.490 e. The Morgan fingerprint density at radius 1 is 1.07 bits per heavy atom. The minimum atomic E-state index is -0.463. The Morgan fingerprint density at radius 3 is 2.62 bits per heavy atom. The number of hydrogen-bond acceptors (Lipinski definition) is 5. The normalized spacial score (nSPS) is 14.6. The molecular weight excluding hydrogens is 568 g/mol. The van der Waals surface area contributed by atoms with Crippen LogP contribution in [0.5, 0.6) is 11.5 Å². The van der Waals surface area contributed by atoms with Crippen LogP contribution < -0.4 is 20.1 Å². The number of hydrogen-bond donors (Lipinski definition) is 2. The van der Waals surface area contributed by atoms with E-state index in [1.807, 2.05) is 76.2 Å². The molecule has 208 valence electrons. The topological polar surface area (TPSA) is 77.4 Å². The van der Waals surface area contributed by atoms with Crippen molar-refractivity contribution in [3.63, 3.8) is 0 Å². The lowest BCUT2D eigenvalue weighted by Crippen LogP contribution is -2.31. The highest BCUT2D eigenvalue weighted by atomic mass is 79.9. The number of ether oxygens (including phenoxy) is 2. The molecule has 0 bridgehead atoms. The molecule has 4 aromatic rings. The van der Waals surface area contributed by atoms with Crippen molar-refractivity contribution >= 4 is 44.5 Å². The number of aromatic nitrogens is 2. The van der Waals surface area contributed by atoms with E-state index in [0.29, 0.717) is 36.2 Å². The lowest BCUT2D eigenvalue weighted by atomic mass is 9.93. The van der Waals surface area contributed by atoms with Crippen molar-refractivity contribution in [1.82, 2.24) is 9.55 Å². The summed E-state index contributed by atoms with van der Waals surface area (Å²) in [6, 6.07) is 17.5. The highest BCUT2D eigenvalue weighted by Crippen LogP contribution is 2.45. The van der Waals surface area contributed by atoms with Gasteiger partial charge in [-0.3, -0.25) is 9.36 Å². The van der Waals surface area contributed by atoms with Gasteiger partial charge in [-0.15, -0.1) is 0 Å². The first-order valence-corrected chi connectivity index (χ1v) is 14.5. The Balaban J connectivity index is 1.66. The van der Waals surface area contributed by atoms with Crippen LogP contribution in [0.25, 0.3) is 11.0 Å². The molecule has 1 aliphatic rings. The number of fused-ring (bicyclic) bond motifs is 3. The van der Waals surface area contributed by atoms with Crippen molar-refractivity contribution in [1.29, 1.82) is 0 Å². The van der Waals surface area contributed by atoms with Crippen LogP contribution in [-0.2, 0) is 4.79 Å². The Bertz CT molecular complexity index is 1610. The van der Waals surface area contributed by atoms with Crippen molar-refractivity contribution in [2.45, 2.75) is 53.5 Å². The number of allylic oxidation sites excluding steroid dienone is 1. The summed E-state index contributed by atoms with van der Waals surface area (Å²) in [5.41, 5.74) is 6.94. The number of rotatable bonds is 9. The third-order valence-electron chi connectivity index (χ3n) is 7.10. The molecule has 2 heterocycles. The van der Waals surface area contributed by atoms with E-state index in [9.17, 15) is 4.79 Å². The number of anilines is 2. The van der Waals surface area contributed by atoms with Gasteiger partial charge in [0, 0.05) is 11.4 Å². The number of carbonyl (C=O) groups is 1. The van der Waals surface area contributed by atoms with Crippen molar-refractivity contribution in [3.05, 3.63) is 87.0 Å². The van der Waals surface area contributed by atoms with E-state index in [-0.39, 0.29) is 5.91 Å². The zero-order chi connectivity index (χ0) is 28.4. The van der Waals surface area contributed by atoms with Crippen molar-refractivity contribution in [2.75, 3.05) is 23.8 Å². The lowest BCUT2D eigenvalue weighted by Gasteiger charge is -2.31. The lowest BCUT2D eigenvalue weighted by molar-refractivity contribution is -0.113. The fraction of sp³-hybridized carbons (Fsp3) is 0.312. The summed E-state index contributed by atoms with van der Waals surface area (Å²) in [6.07, 6.45) is 1.98. The number of unbranched alkanes of at least 4 members (excludes halogenated alkanes) is 1. The highest BCUT2D eigenvalue weighted by Gasteiger charge is 2.35.